The SMILES string of the molecule is COc1cc(C=NNC(=O)CCSc2ccc(Cl)cc2)ccc1C. The number of nitrogens with one attached hydrogen (secondary N) is 1. The standard InChI is InChI=1S/C18H19ClN2O2S/c1-13-3-4-14(11-17(13)23-2)12-20-21-18(22)9-10-24-16-7-5-15(19)6-8-16/h3-8,11-12H,9-10H2,1-2H3,(H,21,22). The Morgan fingerprint density at radius 3 is 2.75 bits per heavy atom. The van der Waals surface area contributed by atoms with Crippen molar-refractivity contribution < 1.29 is 9.53 Å². The minimum absolute atomic E-state index is 0.119. The number of methoxy groups -OCH3 is 1. The van der Waals surface area contributed by atoms with E-state index < -0.39 is 0 Å². The highest BCUT2D eigenvalue weighted by Crippen LogP contribution is 2.21. The number of aryl methyl sites for hydroxylation is 1. The molecule has 126 valence electrons. The number of thioether (sulfide) groups is 1. The Morgan fingerprint density at radius 1 is 1.29 bits per heavy atom. The number of nitrogens with zero attached hydrogens (tertiary/aromatic N) is 1. The molecule has 2 aromatic carbocycles. The van der Waals surface area contributed by atoms with Crippen LogP contribution in [0.2, 0.25) is 5.02 Å². The highest BCUT2D eigenvalue weighted by Gasteiger charge is 2.02. The van der Waals surface area contributed by atoms with Gasteiger partial charge in [-0.05, 0) is 48.4 Å². The van der Waals surface area contributed by atoms with Gasteiger partial charge in [-0.3, -0.25) is 4.79 Å². The number of ether oxygens (including phenoxy) is 1. The topological polar surface area (TPSA) is 50.7 Å². The van der Waals surface area contributed by atoms with Crippen LogP contribution < -0.4 is 10.2 Å². The molecule has 0 atom stereocenters. The second-order valence-electron chi connectivity index (χ2n) is 5.07. The van der Waals surface area contributed by atoms with Crippen LogP contribution >= 0.6 is 23.4 Å². The van der Waals surface area contributed by atoms with Gasteiger partial charge in [-0.1, -0.05) is 23.7 Å². The molecule has 0 bridgehead atoms. The first-order chi connectivity index (χ1) is 11.6. The van der Waals surface area contributed by atoms with Crippen LogP contribution in [0.15, 0.2) is 52.5 Å². The lowest BCUT2D eigenvalue weighted by Crippen LogP contribution is -2.17. The van der Waals surface area contributed by atoms with E-state index in [1.165, 1.54) is 0 Å². The van der Waals surface area contributed by atoms with E-state index in [0.717, 1.165) is 21.8 Å². The lowest BCUT2D eigenvalue weighted by atomic mass is 10.1. The third-order valence-electron chi connectivity index (χ3n) is 3.25. The molecule has 0 aliphatic carbocycles. The molecule has 0 aliphatic heterocycles. The van der Waals surface area contributed by atoms with E-state index in [1.807, 2.05) is 49.4 Å². The van der Waals surface area contributed by atoms with Crippen LogP contribution in [0.3, 0.4) is 0 Å². The maximum absolute atomic E-state index is 11.8. The van der Waals surface area contributed by atoms with E-state index in [0.29, 0.717) is 17.2 Å². The molecule has 6 heteroatoms. The van der Waals surface area contributed by atoms with Gasteiger partial charge in [0, 0.05) is 22.1 Å². The number of benzene rings is 2. The average Bonchev–Trinajstić information content (AvgIpc) is 2.58. The zero-order valence-electron chi connectivity index (χ0n) is 13.6. The number of carbonyl (C=O) groups is 1. The third kappa shape index (κ3) is 5.91. The van der Waals surface area contributed by atoms with Crippen molar-refractivity contribution in [1.82, 2.24) is 5.43 Å². The number of hydrogen-bond acceptors (Lipinski definition) is 4. The maximum Gasteiger partial charge on any atom is 0.240 e. The van der Waals surface area contributed by atoms with E-state index in [9.17, 15) is 4.79 Å². The summed E-state index contributed by atoms with van der Waals surface area (Å²) in [4.78, 5) is 12.9. The number of hydrogen-bond donors (Lipinski definition) is 1. The minimum Gasteiger partial charge on any atom is -0.496 e. The van der Waals surface area contributed by atoms with Gasteiger partial charge in [0.15, 0.2) is 0 Å². The van der Waals surface area contributed by atoms with Crippen molar-refractivity contribution in [3.63, 3.8) is 0 Å². The number of hydrazone groups is 1. The lowest BCUT2D eigenvalue weighted by molar-refractivity contribution is -0.120. The molecule has 0 unspecified atom stereocenters. The molecule has 2 rings (SSSR count). The second-order valence-corrected chi connectivity index (χ2v) is 6.68. The van der Waals surface area contributed by atoms with Crippen molar-refractivity contribution in [2.75, 3.05) is 12.9 Å². The van der Waals surface area contributed by atoms with Crippen molar-refractivity contribution in [2.24, 2.45) is 5.10 Å². The molecule has 4 nitrogen and oxygen atoms in total. The van der Waals surface area contributed by atoms with Gasteiger partial charge in [0.2, 0.25) is 5.91 Å². The van der Waals surface area contributed by atoms with Gasteiger partial charge in [0.1, 0.15) is 5.75 Å². The summed E-state index contributed by atoms with van der Waals surface area (Å²) >= 11 is 7.44. The van der Waals surface area contributed by atoms with Gasteiger partial charge in [-0.25, -0.2) is 5.43 Å². The Morgan fingerprint density at radius 2 is 2.04 bits per heavy atom. The Hall–Kier alpha value is -1.98. The van der Waals surface area contributed by atoms with Gasteiger partial charge in [0.25, 0.3) is 0 Å². The fourth-order valence-electron chi connectivity index (χ4n) is 1.94. The van der Waals surface area contributed by atoms with Gasteiger partial charge >= 0.3 is 0 Å². The summed E-state index contributed by atoms with van der Waals surface area (Å²) in [6, 6.07) is 13.3. The summed E-state index contributed by atoms with van der Waals surface area (Å²) in [6.07, 6.45) is 1.99. The molecule has 0 radical (unpaired) electrons. The summed E-state index contributed by atoms with van der Waals surface area (Å²) in [5.41, 5.74) is 4.46. The van der Waals surface area contributed by atoms with E-state index in [1.54, 1.807) is 25.1 Å². The summed E-state index contributed by atoms with van der Waals surface area (Å²) in [6.45, 7) is 1.97. The van der Waals surface area contributed by atoms with E-state index >= 15 is 0 Å². The summed E-state index contributed by atoms with van der Waals surface area (Å²) in [5, 5.41) is 4.68. The van der Waals surface area contributed by atoms with E-state index in [2.05, 4.69) is 10.5 Å². The Balaban J connectivity index is 1.75. The largest absolute Gasteiger partial charge is 0.496 e. The molecule has 1 amide bonds. The minimum atomic E-state index is -0.119. The molecule has 0 aliphatic rings. The number of halogens is 1. The monoisotopic (exact) mass is 362 g/mol. The first-order valence-corrected chi connectivity index (χ1v) is 8.80. The molecule has 0 saturated heterocycles. The molecule has 0 heterocycles. The number of rotatable bonds is 7. The molecule has 0 spiro atoms. The van der Waals surface area contributed by atoms with Crippen molar-refractivity contribution in [3.05, 3.63) is 58.6 Å². The lowest BCUT2D eigenvalue weighted by Gasteiger charge is -2.05. The van der Waals surface area contributed by atoms with E-state index in [-0.39, 0.29) is 5.91 Å². The quantitative estimate of drug-likeness (QED) is 0.454. The molecule has 0 fully saturated rings. The van der Waals surface area contributed by atoms with Gasteiger partial charge in [-0.15, -0.1) is 11.8 Å². The molecule has 0 saturated carbocycles. The van der Waals surface area contributed by atoms with Gasteiger partial charge in [-0.2, -0.15) is 5.10 Å². The fourth-order valence-corrected chi connectivity index (χ4v) is 2.92. The summed E-state index contributed by atoms with van der Waals surface area (Å²) in [7, 11) is 1.63. The Labute approximate surface area is 151 Å². The van der Waals surface area contributed by atoms with E-state index in [4.69, 9.17) is 16.3 Å². The van der Waals surface area contributed by atoms with Crippen LogP contribution in [0.1, 0.15) is 17.5 Å². The predicted molar refractivity (Wildman–Crippen MR) is 100 cm³/mol. The van der Waals surface area contributed by atoms with Crippen molar-refractivity contribution >= 4 is 35.5 Å². The zero-order valence-corrected chi connectivity index (χ0v) is 15.2. The number of carbonyl (C=O) groups excluding carboxylic acids is 1. The first-order valence-electron chi connectivity index (χ1n) is 7.43. The van der Waals surface area contributed by atoms with Crippen molar-refractivity contribution in [2.45, 2.75) is 18.2 Å². The Kier molecular flexibility index (Phi) is 7.15. The highest BCUT2D eigenvalue weighted by atomic mass is 35.5. The van der Waals surface area contributed by atoms with Crippen LogP contribution in [-0.4, -0.2) is 25.0 Å². The molecule has 24 heavy (non-hydrogen) atoms. The fraction of sp³-hybridized carbons (Fsp3) is 0.222. The normalized spacial score (nSPS) is 10.8. The average molecular weight is 363 g/mol. The van der Waals surface area contributed by atoms with Crippen LogP contribution in [0.5, 0.6) is 5.75 Å². The smallest absolute Gasteiger partial charge is 0.240 e. The van der Waals surface area contributed by atoms with Crippen LogP contribution in [0.4, 0.5) is 0 Å². The molecule has 0 aromatic heterocycles. The predicted octanol–water partition coefficient (Wildman–Crippen LogP) is 4.29. The highest BCUT2D eigenvalue weighted by molar-refractivity contribution is 7.99. The summed E-state index contributed by atoms with van der Waals surface area (Å²) < 4.78 is 5.26. The van der Waals surface area contributed by atoms with Crippen LogP contribution in [0, 0.1) is 6.92 Å². The van der Waals surface area contributed by atoms with Crippen molar-refractivity contribution in [3.8, 4) is 5.75 Å². The van der Waals surface area contributed by atoms with Gasteiger partial charge < -0.3 is 4.74 Å². The molecule has 1 N–H and O–H groups in total. The van der Waals surface area contributed by atoms with Crippen LogP contribution in [0.25, 0.3) is 0 Å². The second kappa shape index (κ2) is 9.35. The molecule has 2 aromatic rings. The first kappa shape index (κ1) is 18.4. The maximum atomic E-state index is 11.8. The van der Waals surface area contributed by atoms with Gasteiger partial charge in [0.05, 0.1) is 13.3 Å². The summed E-state index contributed by atoms with van der Waals surface area (Å²) in [5.74, 6) is 1.36. The van der Waals surface area contributed by atoms with Crippen molar-refractivity contribution in [1.29, 1.82) is 0 Å². The zero-order chi connectivity index (χ0) is 17.4. The third-order valence-corrected chi connectivity index (χ3v) is 4.51. The molecular weight excluding hydrogens is 344 g/mol. The Bertz CT molecular complexity index is 717. The number of amides is 1. The van der Waals surface area contributed by atoms with Crippen LogP contribution in [-0.2, 0) is 4.79 Å². The molecular formula is C18H19ClN2O2S.